The molecule has 5 rings (SSSR count). The Labute approximate surface area is 189 Å². The summed E-state index contributed by atoms with van der Waals surface area (Å²) in [7, 11) is 0. The molecule has 2 bridgehead atoms. The van der Waals surface area contributed by atoms with E-state index in [9.17, 15) is 19.2 Å². The van der Waals surface area contributed by atoms with E-state index in [0.717, 1.165) is 6.42 Å². The van der Waals surface area contributed by atoms with Crippen molar-refractivity contribution in [3.8, 4) is 5.75 Å². The van der Waals surface area contributed by atoms with Gasteiger partial charge in [0.25, 0.3) is 0 Å². The number of ether oxygens (including phenoxy) is 3. The number of Topliss-reactive ketones (excluding diaryl/α,β-unsaturated/α-hetero) is 1. The monoisotopic (exact) mass is 504 g/mol. The molecular formula is C22H17BrO7S. The Hall–Kier alpha value is -2.52. The normalized spacial score (nSPS) is 30.2. The lowest BCUT2D eigenvalue weighted by molar-refractivity contribution is -0.154. The number of esters is 3. The van der Waals surface area contributed by atoms with Crippen molar-refractivity contribution in [2.45, 2.75) is 17.4 Å². The molecule has 2 heterocycles. The second-order valence-corrected chi connectivity index (χ2v) is 9.89. The molecule has 0 N–H and O–H groups in total. The highest BCUT2D eigenvalue weighted by Crippen LogP contribution is 2.60. The molecule has 1 saturated heterocycles. The molecule has 2 saturated carbocycles. The van der Waals surface area contributed by atoms with Gasteiger partial charge in [-0.05, 0) is 48.1 Å². The van der Waals surface area contributed by atoms with Crippen molar-refractivity contribution in [3.05, 3.63) is 52.2 Å². The minimum Gasteiger partial charge on any atom is -0.461 e. The van der Waals surface area contributed by atoms with Crippen molar-refractivity contribution in [2.75, 3.05) is 6.61 Å². The Bertz CT molecular complexity index is 1050. The molecule has 0 amide bonds. The summed E-state index contributed by atoms with van der Waals surface area (Å²) in [6.45, 7) is -0.417. The third-order valence-electron chi connectivity index (χ3n) is 6.25. The summed E-state index contributed by atoms with van der Waals surface area (Å²) in [5.41, 5.74) is 0.329. The summed E-state index contributed by atoms with van der Waals surface area (Å²) in [5.74, 6) is -2.44. The van der Waals surface area contributed by atoms with Crippen molar-refractivity contribution in [2.24, 2.45) is 23.7 Å². The van der Waals surface area contributed by atoms with Gasteiger partial charge in [-0.1, -0.05) is 22.0 Å². The maximum atomic E-state index is 12.7. The molecule has 3 fully saturated rings. The predicted octanol–water partition coefficient (Wildman–Crippen LogP) is 3.26. The fraction of sp³-hybridized carbons (Fsp3) is 0.364. The lowest BCUT2D eigenvalue weighted by atomic mass is 9.80. The molecular weight excluding hydrogens is 488 g/mol. The summed E-state index contributed by atoms with van der Waals surface area (Å²) in [4.78, 5) is 49.7. The molecule has 0 radical (unpaired) electrons. The van der Waals surface area contributed by atoms with Crippen LogP contribution in [-0.4, -0.2) is 41.2 Å². The molecule has 160 valence electrons. The molecule has 6 atom stereocenters. The Morgan fingerprint density at radius 1 is 1.13 bits per heavy atom. The van der Waals surface area contributed by atoms with E-state index in [1.807, 2.05) is 0 Å². The number of carbonyl (C=O) groups is 4. The molecule has 31 heavy (non-hydrogen) atoms. The van der Waals surface area contributed by atoms with Crippen LogP contribution in [-0.2, 0) is 19.1 Å². The molecule has 2 aliphatic carbocycles. The van der Waals surface area contributed by atoms with Gasteiger partial charge in [0.2, 0.25) is 0 Å². The van der Waals surface area contributed by atoms with Crippen molar-refractivity contribution < 1.29 is 33.4 Å². The van der Waals surface area contributed by atoms with Crippen molar-refractivity contribution >= 4 is 51.0 Å². The van der Waals surface area contributed by atoms with E-state index in [1.165, 1.54) is 35.6 Å². The molecule has 0 spiro atoms. The zero-order valence-electron chi connectivity index (χ0n) is 16.1. The average molecular weight is 505 g/mol. The average Bonchev–Trinajstić information content (AvgIpc) is 3.52. The van der Waals surface area contributed by atoms with E-state index in [-0.39, 0.29) is 34.5 Å². The molecule has 2 aromatic rings. The van der Waals surface area contributed by atoms with Gasteiger partial charge < -0.3 is 14.2 Å². The zero-order valence-corrected chi connectivity index (χ0v) is 18.5. The van der Waals surface area contributed by atoms with Crippen LogP contribution in [0.3, 0.4) is 0 Å². The van der Waals surface area contributed by atoms with E-state index < -0.39 is 30.4 Å². The molecule has 1 aliphatic heterocycles. The topological polar surface area (TPSA) is 96.0 Å². The lowest BCUT2D eigenvalue weighted by Crippen LogP contribution is -2.39. The largest absolute Gasteiger partial charge is 0.461 e. The van der Waals surface area contributed by atoms with Gasteiger partial charge in [0.05, 0.1) is 16.7 Å². The first-order valence-electron chi connectivity index (χ1n) is 9.84. The fourth-order valence-electron chi connectivity index (χ4n) is 4.87. The minimum atomic E-state index is -0.576. The van der Waals surface area contributed by atoms with Crippen molar-refractivity contribution in [1.29, 1.82) is 0 Å². The van der Waals surface area contributed by atoms with Crippen LogP contribution in [0.25, 0.3) is 0 Å². The predicted molar refractivity (Wildman–Crippen MR) is 112 cm³/mol. The smallest absolute Gasteiger partial charge is 0.353 e. The maximum absolute atomic E-state index is 12.7. The number of hydrogen-bond donors (Lipinski definition) is 0. The van der Waals surface area contributed by atoms with Crippen LogP contribution in [0, 0.1) is 23.7 Å². The molecule has 0 unspecified atom stereocenters. The Balaban J connectivity index is 1.18. The van der Waals surface area contributed by atoms with Crippen LogP contribution in [0.2, 0.25) is 0 Å². The van der Waals surface area contributed by atoms with Gasteiger partial charge in [-0.3, -0.25) is 14.4 Å². The first-order chi connectivity index (χ1) is 14.9. The third kappa shape index (κ3) is 3.49. The molecule has 7 nitrogen and oxygen atoms in total. The highest BCUT2D eigenvalue weighted by Gasteiger charge is 2.68. The second kappa shape index (κ2) is 7.87. The van der Waals surface area contributed by atoms with Gasteiger partial charge in [-0.2, -0.15) is 0 Å². The van der Waals surface area contributed by atoms with E-state index >= 15 is 0 Å². The third-order valence-corrected chi connectivity index (χ3v) is 8.30. The van der Waals surface area contributed by atoms with Gasteiger partial charge in [0, 0.05) is 11.5 Å². The van der Waals surface area contributed by atoms with E-state index in [4.69, 9.17) is 14.2 Å². The maximum Gasteiger partial charge on any atom is 0.353 e. The zero-order chi connectivity index (χ0) is 21.7. The highest BCUT2D eigenvalue weighted by molar-refractivity contribution is 9.09. The summed E-state index contributed by atoms with van der Waals surface area (Å²) in [6, 6.07) is 9.48. The quantitative estimate of drug-likeness (QED) is 0.257. The molecule has 9 heteroatoms. The fourth-order valence-corrected chi connectivity index (χ4v) is 6.51. The van der Waals surface area contributed by atoms with Gasteiger partial charge in [-0.15, -0.1) is 11.3 Å². The van der Waals surface area contributed by atoms with Crippen molar-refractivity contribution in [3.63, 3.8) is 0 Å². The van der Waals surface area contributed by atoms with Crippen LogP contribution in [0.4, 0.5) is 0 Å². The van der Waals surface area contributed by atoms with Gasteiger partial charge >= 0.3 is 17.9 Å². The number of halogens is 1. The number of hydrogen-bond acceptors (Lipinski definition) is 8. The summed E-state index contributed by atoms with van der Waals surface area (Å²) in [6.07, 6.45) is 0.580. The highest BCUT2D eigenvalue weighted by atomic mass is 79.9. The number of thiophene rings is 1. The van der Waals surface area contributed by atoms with Crippen LogP contribution in [0.5, 0.6) is 5.75 Å². The number of alkyl halides is 1. The van der Waals surface area contributed by atoms with Crippen molar-refractivity contribution in [1.82, 2.24) is 0 Å². The number of rotatable bonds is 6. The van der Waals surface area contributed by atoms with E-state index in [2.05, 4.69) is 15.9 Å². The van der Waals surface area contributed by atoms with Crippen LogP contribution < -0.4 is 4.74 Å². The summed E-state index contributed by atoms with van der Waals surface area (Å²) in [5, 5.41) is 1.78. The van der Waals surface area contributed by atoms with Gasteiger partial charge in [-0.25, -0.2) is 4.79 Å². The Morgan fingerprint density at radius 2 is 1.90 bits per heavy atom. The number of benzene rings is 1. The molecule has 1 aromatic heterocycles. The SMILES string of the molecule is O=C(COC(=O)[C@@H]1[C@H]2C[C@H]3[C@H](OC(=O)[C@H]31)[C@@H]2Br)c1ccc(OC(=O)c2cccs2)cc1. The lowest BCUT2D eigenvalue weighted by Gasteiger charge is -2.26. The van der Waals surface area contributed by atoms with Crippen LogP contribution in [0.15, 0.2) is 41.8 Å². The van der Waals surface area contributed by atoms with Gasteiger partial charge in [0.1, 0.15) is 16.7 Å². The van der Waals surface area contributed by atoms with E-state index in [0.29, 0.717) is 16.2 Å². The van der Waals surface area contributed by atoms with Gasteiger partial charge in [0.15, 0.2) is 12.4 Å². The number of ketones is 1. The summed E-state index contributed by atoms with van der Waals surface area (Å²) < 4.78 is 15.9. The summed E-state index contributed by atoms with van der Waals surface area (Å²) >= 11 is 4.83. The minimum absolute atomic E-state index is 0.0219. The Morgan fingerprint density at radius 3 is 2.61 bits per heavy atom. The number of carbonyl (C=O) groups excluding carboxylic acids is 4. The van der Waals surface area contributed by atoms with E-state index in [1.54, 1.807) is 17.5 Å². The van der Waals surface area contributed by atoms with Crippen LogP contribution >= 0.6 is 27.3 Å². The van der Waals surface area contributed by atoms with Crippen LogP contribution in [0.1, 0.15) is 26.5 Å². The molecule has 1 aromatic carbocycles. The second-order valence-electron chi connectivity index (χ2n) is 7.88. The standard InChI is InChI=1S/C22H17BrO7S/c23-18-12-8-13-17(22(27)30-19(13)18)16(12)21(26)28-9-14(24)10-3-5-11(6-4-10)29-20(25)15-2-1-7-31-15/h1-7,12-13,16-19H,8-9H2/t12-,13-,16-,17-,18-,19+/m1/s1. The first kappa shape index (κ1) is 20.4. The Kier molecular flexibility index (Phi) is 5.18. The molecule has 3 aliphatic rings. The number of fused-ring (bicyclic) bond motifs is 1. The first-order valence-corrected chi connectivity index (χ1v) is 11.6.